The fourth-order valence-electron chi connectivity index (χ4n) is 1.73. The number of halogens is 1. The number of ether oxygens (including phenoxy) is 1. The van der Waals surface area contributed by atoms with Crippen LogP contribution < -0.4 is 15.8 Å². The van der Waals surface area contributed by atoms with Gasteiger partial charge in [0, 0.05) is 11.8 Å². The zero-order chi connectivity index (χ0) is 14.7. The number of anilines is 2. The minimum absolute atomic E-state index is 0.280. The lowest BCUT2D eigenvalue weighted by molar-refractivity contribution is 0.102. The van der Waals surface area contributed by atoms with Crippen LogP contribution in [0.25, 0.3) is 0 Å². The number of hydrogen-bond donors (Lipinski definition) is 2. The summed E-state index contributed by atoms with van der Waals surface area (Å²) in [7, 11) is 1.55. The molecule has 0 fully saturated rings. The third kappa shape index (κ3) is 3.08. The molecule has 0 aliphatic carbocycles. The molecule has 1 amide bonds. The fraction of sp³-hybridized carbons (Fsp3) is 0.143. The number of amides is 1. The lowest BCUT2D eigenvalue weighted by Crippen LogP contribution is -2.15. The van der Waals surface area contributed by atoms with Crippen LogP contribution in [0, 0.1) is 6.92 Å². The smallest absolute Gasteiger partial charge is 0.257 e. The van der Waals surface area contributed by atoms with Crippen molar-refractivity contribution in [2.75, 3.05) is 18.2 Å². The van der Waals surface area contributed by atoms with E-state index >= 15 is 0 Å². The average Bonchev–Trinajstić information content (AvgIpc) is 2.41. The third-order valence-corrected chi connectivity index (χ3v) is 3.25. The van der Waals surface area contributed by atoms with Crippen molar-refractivity contribution in [3.63, 3.8) is 0 Å². The molecule has 0 unspecified atom stereocenters. The standard InChI is InChI=1S/C14H14BrN3O2/c1-8-12(5-6-13(15)17-8)18-14(19)10-4-3-9(20-2)7-11(10)16/h3-7H,16H2,1-2H3,(H,18,19). The first-order valence-corrected chi connectivity index (χ1v) is 6.68. The van der Waals surface area contributed by atoms with E-state index in [2.05, 4.69) is 26.2 Å². The van der Waals surface area contributed by atoms with Gasteiger partial charge in [-0.25, -0.2) is 4.98 Å². The van der Waals surface area contributed by atoms with Crippen molar-refractivity contribution >= 4 is 33.2 Å². The molecular weight excluding hydrogens is 322 g/mol. The van der Waals surface area contributed by atoms with Crippen LogP contribution in [0.2, 0.25) is 0 Å². The van der Waals surface area contributed by atoms with E-state index in [9.17, 15) is 4.79 Å². The van der Waals surface area contributed by atoms with Gasteiger partial charge in [-0.05, 0) is 47.1 Å². The van der Waals surface area contributed by atoms with Crippen LogP contribution in [-0.2, 0) is 0 Å². The summed E-state index contributed by atoms with van der Waals surface area (Å²) in [5.74, 6) is 0.331. The number of hydrogen-bond acceptors (Lipinski definition) is 4. The molecule has 0 saturated carbocycles. The summed E-state index contributed by atoms with van der Waals surface area (Å²) < 4.78 is 5.77. The monoisotopic (exact) mass is 335 g/mol. The van der Waals surface area contributed by atoms with Crippen molar-refractivity contribution in [1.29, 1.82) is 0 Å². The molecule has 0 radical (unpaired) electrons. The van der Waals surface area contributed by atoms with Crippen molar-refractivity contribution < 1.29 is 9.53 Å². The van der Waals surface area contributed by atoms with E-state index in [4.69, 9.17) is 10.5 Å². The Bertz CT molecular complexity index is 659. The highest BCUT2D eigenvalue weighted by atomic mass is 79.9. The van der Waals surface area contributed by atoms with Gasteiger partial charge >= 0.3 is 0 Å². The molecule has 5 nitrogen and oxygen atoms in total. The predicted octanol–water partition coefficient (Wildman–Crippen LogP) is 3.00. The number of pyridine rings is 1. The van der Waals surface area contributed by atoms with Crippen molar-refractivity contribution in [1.82, 2.24) is 4.98 Å². The molecule has 3 N–H and O–H groups in total. The van der Waals surface area contributed by atoms with Gasteiger partial charge in [0.05, 0.1) is 24.1 Å². The number of carbonyl (C=O) groups excluding carboxylic acids is 1. The first-order chi connectivity index (χ1) is 9.51. The minimum Gasteiger partial charge on any atom is -0.497 e. The zero-order valence-corrected chi connectivity index (χ0v) is 12.7. The highest BCUT2D eigenvalue weighted by molar-refractivity contribution is 9.10. The first-order valence-electron chi connectivity index (χ1n) is 5.89. The Labute approximate surface area is 125 Å². The number of benzene rings is 1. The number of nitrogens with two attached hydrogens (primary N) is 1. The van der Waals surface area contributed by atoms with Gasteiger partial charge in [0.25, 0.3) is 5.91 Å². The van der Waals surface area contributed by atoms with Crippen molar-refractivity contribution in [3.05, 3.63) is 46.2 Å². The maximum absolute atomic E-state index is 12.2. The lowest BCUT2D eigenvalue weighted by Gasteiger charge is -2.10. The molecule has 0 atom stereocenters. The number of carbonyl (C=O) groups is 1. The van der Waals surface area contributed by atoms with Crippen LogP contribution in [0.4, 0.5) is 11.4 Å². The number of rotatable bonds is 3. The molecular formula is C14H14BrN3O2. The summed E-state index contributed by atoms with van der Waals surface area (Å²) in [5, 5.41) is 2.79. The molecule has 1 aromatic carbocycles. The Kier molecular flexibility index (Phi) is 4.24. The van der Waals surface area contributed by atoms with Crippen LogP contribution in [-0.4, -0.2) is 18.0 Å². The molecule has 2 rings (SSSR count). The number of nitrogens with one attached hydrogen (secondary N) is 1. The number of nitrogen functional groups attached to an aromatic ring is 1. The van der Waals surface area contributed by atoms with Crippen LogP contribution in [0.5, 0.6) is 5.75 Å². The average molecular weight is 336 g/mol. The zero-order valence-electron chi connectivity index (χ0n) is 11.1. The first kappa shape index (κ1) is 14.3. The Hall–Kier alpha value is -2.08. The van der Waals surface area contributed by atoms with Crippen molar-refractivity contribution in [2.45, 2.75) is 6.92 Å². The third-order valence-electron chi connectivity index (χ3n) is 2.80. The Morgan fingerprint density at radius 2 is 2.10 bits per heavy atom. The normalized spacial score (nSPS) is 10.2. The predicted molar refractivity (Wildman–Crippen MR) is 82.0 cm³/mol. The van der Waals surface area contributed by atoms with Crippen molar-refractivity contribution in [2.24, 2.45) is 0 Å². The molecule has 20 heavy (non-hydrogen) atoms. The van der Waals surface area contributed by atoms with E-state index in [-0.39, 0.29) is 5.91 Å². The van der Waals surface area contributed by atoms with Gasteiger partial charge in [-0.15, -0.1) is 0 Å². The second kappa shape index (κ2) is 5.92. The second-order valence-corrected chi connectivity index (χ2v) is 4.99. The molecule has 0 aliphatic heterocycles. The van der Waals surface area contributed by atoms with Crippen LogP contribution >= 0.6 is 15.9 Å². The molecule has 0 spiro atoms. The summed E-state index contributed by atoms with van der Waals surface area (Å²) in [5.41, 5.74) is 7.98. The van der Waals surface area contributed by atoms with E-state index < -0.39 is 0 Å². The largest absolute Gasteiger partial charge is 0.497 e. The van der Waals surface area contributed by atoms with Gasteiger partial charge in [0.2, 0.25) is 0 Å². The number of methoxy groups -OCH3 is 1. The SMILES string of the molecule is COc1ccc(C(=O)Nc2ccc(Br)nc2C)c(N)c1. The van der Waals surface area contributed by atoms with E-state index in [0.717, 1.165) is 10.3 Å². The van der Waals surface area contributed by atoms with Gasteiger partial charge in [-0.3, -0.25) is 4.79 Å². The van der Waals surface area contributed by atoms with Gasteiger partial charge < -0.3 is 15.8 Å². The molecule has 104 valence electrons. The highest BCUT2D eigenvalue weighted by Crippen LogP contribution is 2.22. The minimum atomic E-state index is -0.280. The maximum atomic E-state index is 12.2. The summed E-state index contributed by atoms with van der Waals surface area (Å²) >= 11 is 3.28. The number of aromatic nitrogens is 1. The molecule has 2 aromatic rings. The van der Waals surface area contributed by atoms with E-state index in [1.54, 1.807) is 37.4 Å². The maximum Gasteiger partial charge on any atom is 0.257 e. The van der Waals surface area contributed by atoms with Crippen molar-refractivity contribution in [3.8, 4) is 5.75 Å². The lowest BCUT2D eigenvalue weighted by atomic mass is 10.1. The fourth-order valence-corrected chi connectivity index (χ4v) is 2.12. The Morgan fingerprint density at radius 1 is 1.35 bits per heavy atom. The van der Waals surface area contributed by atoms with E-state index in [0.29, 0.717) is 22.7 Å². The summed E-state index contributed by atoms with van der Waals surface area (Å²) in [6, 6.07) is 8.48. The van der Waals surface area contributed by atoms with Crippen LogP contribution in [0.15, 0.2) is 34.9 Å². The topological polar surface area (TPSA) is 77.2 Å². The van der Waals surface area contributed by atoms with Crippen LogP contribution in [0.3, 0.4) is 0 Å². The second-order valence-electron chi connectivity index (χ2n) is 4.17. The molecule has 0 aliphatic rings. The Morgan fingerprint density at radius 3 is 2.70 bits per heavy atom. The van der Waals surface area contributed by atoms with Gasteiger partial charge in [-0.2, -0.15) is 0 Å². The number of nitrogens with zero attached hydrogens (tertiary/aromatic N) is 1. The highest BCUT2D eigenvalue weighted by Gasteiger charge is 2.12. The van der Waals surface area contributed by atoms with E-state index in [1.165, 1.54) is 0 Å². The molecule has 6 heteroatoms. The Balaban J connectivity index is 2.24. The molecule has 0 saturated heterocycles. The molecule has 1 aromatic heterocycles. The molecule has 0 bridgehead atoms. The van der Waals surface area contributed by atoms with Gasteiger partial charge in [0.15, 0.2) is 0 Å². The summed E-state index contributed by atoms with van der Waals surface area (Å²) in [6.45, 7) is 1.82. The van der Waals surface area contributed by atoms with Crippen LogP contribution in [0.1, 0.15) is 16.1 Å². The quantitative estimate of drug-likeness (QED) is 0.667. The molecule has 1 heterocycles. The summed E-state index contributed by atoms with van der Waals surface area (Å²) in [4.78, 5) is 16.4. The van der Waals surface area contributed by atoms with E-state index in [1.807, 2.05) is 6.92 Å². The number of aryl methyl sites for hydroxylation is 1. The van der Waals surface area contributed by atoms with Gasteiger partial charge in [0.1, 0.15) is 10.4 Å². The summed E-state index contributed by atoms with van der Waals surface area (Å²) in [6.07, 6.45) is 0. The van der Waals surface area contributed by atoms with Gasteiger partial charge in [-0.1, -0.05) is 0 Å².